The monoisotopic (exact) mass is 255 g/mol. The van der Waals surface area contributed by atoms with Gasteiger partial charge in [0.2, 0.25) is 0 Å². The van der Waals surface area contributed by atoms with Gasteiger partial charge in [0.1, 0.15) is 17.8 Å². The highest BCUT2D eigenvalue weighted by molar-refractivity contribution is 5.56. The highest BCUT2D eigenvalue weighted by Crippen LogP contribution is 2.26. The molecule has 1 aliphatic rings. The van der Waals surface area contributed by atoms with E-state index in [9.17, 15) is 0 Å². The van der Waals surface area contributed by atoms with Crippen LogP contribution in [0.1, 0.15) is 30.5 Å². The van der Waals surface area contributed by atoms with Gasteiger partial charge in [-0.25, -0.2) is 19.9 Å². The number of fused-ring (bicyclic) bond motifs is 1. The molecule has 5 nitrogen and oxygen atoms in total. The molecule has 1 aliphatic carbocycles. The number of nitrogens with zero attached hydrogens (tertiary/aromatic N) is 4. The highest BCUT2D eigenvalue weighted by Gasteiger charge is 2.17. The van der Waals surface area contributed by atoms with Gasteiger partial charge in [0, 0.05) is 24.5 Å². The largest absolute Gasteiger partial charge is 0.373 e. The molecule has 0 fully saturated rings. The fourth-order valence-corrected chi connectivity index (χ4v) is 2.52. The normalized spacial score (nSPS) is 14.6. The van der Waals surface area contributed by atoms with E-state index in [0.29, 0.717) is 5.82 Å². The van der Waals surface area contributed by atoms with Crippen LogP contribution in [-0.2, 0) is 12.8 Å². The quantitative estimate of drug-likeness (QED) is 0.834. The summed E-state index contributed by atoms with van der Waals surface area (Å²) in [6.07, 6.45) is 9.04. The summed E-state index contributed by atoms with van der Waals surface area (Å²) < 4.78 is 0. The van der Waals surface area contributed by atoms with Crippen LogP contribution in [0.3, 0.4) is 0 Å². The van der Waals surface area contributed by atoms with Crippen molar-refractivity contribution in [3.8, 4) is 11.5 Å². The molecule has 0 bridgehead atoms. The molecule has 98 valence electrons. The molecule has 0 atom stereocenters. The number of hydrogen-bond donors (Lipinski definition) is 1. The van der Waals surface area contributed by atoms with Crippen LogP contribution in [0.15, 0.2) is 18.6 Å². The Hall–Kier alpha value is -2.04. The molecule has 0 saturated heterocycles. The predicted molar refractivity (Wildman–Crippen MR) is 73.9 cm³/mol. The van der Waals surface area contributed by atoms with E-state index < -0.39 is 0 Å². The fraction of sp³-hybridized carbons (Fsp3) is 0.429. The van der Waals surface area contributed by atoms with Crippen molar-refractivity contribution in [1.82, 2.24) is 19.9 Å². The van der Waals surface area contributed by atoms with Crippen molar-refractivity contribution in [2.75, 3.05) is 12.4 Å². The third-order valence-corrected chi connectivity index (χ3v) is 3.48. The molecule has 0 unspecified atom stereocenters. The maximum absolute atomic E-state index is 4.71. The zero-order valence-electron chi connectivity index (χ0n) is 11.1. The number of aromatic nitrogens is 4. The smallest absolute Gasteiger partial charge is 0.180 e. The molecular weight excluding hydrogens is 238 g/mol. The maximum Gasteiger partial charge on any atom is 0.180 e. The van der Waals surface area contributed by atoms with E-state index in [2.05, 4.69) is 20.3 Å². The van der Waals surface area contributed by atoms with E-state index in [1.807, 2.05) is 13.1 Å². The Labute approximate surface area is 112 Å². The van der Waals surface area contributed by atoms with Crippen molar-refractivity contribution in [1.29, 1.82) is 0 Å². The highest BCUT2D eigenvalue weighted by atomic mass is 15.0. The molecule has 2 aromatic heterocycles. The molecule has 0 saturated carbocycles. The van der Waals surface area contributed by atoms with Gasteiger partial charge < -0.3 is 5.32 Å². The Morgan fingerprint density at radius 1 is 1.11 bits per heavy atom. The first-order valence-corrected chi connectivity index (χ1v) is 6.72. The van der Waals surface area contributed by atoms with E-state index in [0.717, 1.165) is 24.4 Å². The van der Waals surface area contributed by atoms with Gasteiger partial charge >= 0.3 is 0 Å². The number of aryl methyl sites for hydroxylation is 1. The summed E-state index contributed by atoms with van der Waals surface area (Å²) in [4.78, 5) is 17.5. The Kier molecular flexibility index (Phi) is 3.35. The van der Waals surface area contributed by atoms with Crippen LogP contribution in [-0.4, -0.2) is 27.0 Å². The number of rotatable bonds is 2. The lowest BCUT2D eigenvalue weighted by molar-refractivity contribution is 0.709. The molecule has 2 aromatic rings. The fourth-order valence-electron chi connectivity index (χ4n) is 2.52. The van der Waals surface area contributed by atoms with Crippen LogP contribution in [0.4, 0.5) is 5.82 Å². The summed E-state index contributed by atoms with van der Waals surface area (Å²) in [5.74, 6) is 1.63. The summed E-state index contributed by atoms with van der Waals surface area (Å²) >= 11 is 0. The average Bonchev–Trinajstić information content (AvgIpc) is 2.72. The van der Waals surface area contributed by atoms with Crippen LogP contribution in [0.2, 0.25) is 0 Å². The van der Waals surface area contributed by atoms with Crippen molar-refractivity contribution in [3.05, 3.63) is 29.8 Å². The first-order valence-electron chi connectivity index (χ1n) is 6.72. The molecule has 3 rings (SSSR count). The molecule has 2 heterocycles. The molecule has 0 amide bonds. The van der Waals surface area contributed by atoms with Crippen molar-refractivity contribution in [2.45, 2.75) is 32.1 Å². The van der Waals surface area contributed by atoms with Crippen molar-refractivity contribution in [2.24, 2.45) is 0 Å². The number of hydrogen-bond acceptors (Lipinski definition) is 5. The van der Waals surface area contributed by atoms with Gasteiger partial charge in [-0.3, -0.25) is 0 Å². The first-order chi connectivity index (χ1) is 9.38. The third kappa shape index (κ3) is 2.41. The second-order valence-corrected chi connectivity index (χ2v) is 4.73. The standard InChI is InChI=1S/C14H17N5/c1-15-13-10-5-3-2-4-6-11(10)18-14(19-13)12-7-8-16-9-17-12/h7-9H,2-6H2,1H3,(H,15,18,19). The second-order valence-electron chi connectivity index (χ2n) is 4.73. The molecule has 0 radical (unpaired) electrons. The molecule has 19 heavy (non-hydrogen) atoms. The van der Waals surface area contributed by atoms with Crippen LogP contribution in [0, 0.1) is 0 Å². The summed E-state index contributed by atoms with van der Waals surface area (Å²) in [5, 5.41) is 3.20. The van der Waals surface area contributed by atoms with E-state index >= 15 is 0 Å². The zero-order chi connectivity index (χ0) is 13.1. The Balaban J connectivity index is 2.10. The van der Waals surface area contributed by atoms with Gasteiger partial charge in [-0.15, -0.1) is 0 Å². The third-order valence-electron chi connectivity index (χ3n) is 3.48. The van der Waals surface area contributed by atoms with Gasteiger partial charge in [-0.2, -0.15) is 0 Å². The molecule has 0 aliphatic heterocycles. The maximum atomic E-state index is 4.71. The van der Waals surface area contributed by atoms with Crippen LogP contribution in [0.25, 0.3) is 11.5 Å². The molecule has 0 spiro atoms. The Morgan fingerprint density at radius 2 is 2.00 bits per heavy atom. The van der Waals surface area contributed by atoms with Crippen LogP contribution in [0.5, 0.6) is 0 Å². The van der Waals surface area contributed by atoms with Crippen LogP contribution >= 0.6 is 0 Å². The minimum Gasteiger partial charge on any atom is -0.373 e. The molecule has 5 heteroatoms. The zero-order valence-corrected chi connectivity index (χ0v) is 11.1. The minimum atomic E-state index is 0.687. The SMILES string of the molecule is CNc1nc(-c2ccncn2)nc2c1CCCCC2. The van der Waals surface area contributed by atoms with Crippen LogP contribution < -0.4 is 5.32 Å². The van der Waals surface area contributed by atoms with Gasteiger partial charge in [-0.1, -0.05) is 6.42 Å². The lowest BCUT2D eigenvalue weighted by Crippen LogP contribution is -2.07. The summed E-state index contributed by atoms with van der Waals surface area (Å²) in [6, 6.07) is 1.85. The van der Waals surface area contributed by atoms with Crippen molar-refractivity contribution in [3.63, 3.8) is 0 Å². The van der Waals surface area contributed by atoms with E-state index in [-0.39, 0.29) is 0 Å². The van der Waals surface area contributed by atoms with Gasteiger partial charge in [0.05, 0.1) is 0 Å². The van der Waals surface area contributed by atoms with E-state index in [1.54, 1.807) is 6.20 Å². The molecule has 1 N–H and O–H groups in total. The molecule has 0 aromatic carbocycles. The van der Waals surface area contributed by atoms with Crippen molar-refractivity contribution >= 4 is 5.82 Å². The van der Waals surface area contributed by atoms with E-state index in [1.165, 1.54) is 36.8 Å². The van der Waals surface area contributed by atoms with Gasteiger partial charge in [-0.05, 0) is 31.7 Å². The minimum absolute atomic E-state index is 0.687. The number of nitrogens with one attached hydrogen (secondary N) is 1. The lowest BCUT2D eigenvalue weighted by atomic mass is 10.1. The Morgan fingerprint density at radius 3 is 2.79 bits per heavy atom. The summed E-state index contributed by atoms with van der Waals surface area (Å²) in [7, 11) is 1.91. The van der Waals surface area contributed by atoms with E-state index in [4.69, 9.17) is 4.98 Å². The van der Waals surface area contributed by atoms with Crippen molar-refractivity contribution < 1.29 is 0 Å². The topological polar surface area (TPSA) is 63.6 Å². The predicted octanol–water partition coefficient (Wildman–Crippen LogP) is 2.24. The first kappa shape index (κ1) is 12.0. The number of anilines is 1. The summed E-state index contributed by atoms with van der Waals surface area (Å²) in [6.45, 7) is 0. The lowest BCUT2D eigenvalue weighted by Gasteiger charge is -2.12. The average molecular weight is 255 g/mol. The second kappa shape index (κ2) is 5.30. The Bertz CT molecular complexity index is 568. The van der Waals surface area contributed by atoms with Gasteiger partial charge in [0.15, 0.2) is 5.82 Å². The summed E-state index contributed by atoms with van der Waals surface area (Å²) in [5.41, 5.74) is 3.22. The van der Waals surface area contributed by atoms with Gasteiger partial charge in [0.25, 0.3) is 0 Å². The molecular formula is C14H17N5.